The molecule has 11 heteroatoms. The number of nitrogens with zero attached hydrogens (tertiary/aromatic N) is 4. The van der Waals surface area contributed by atoms with Gasteiger partial charge in [-0.25, -0.2) is 9.79 Å². The summed E-state index contributed by atoms with van der Waals surface area (Å²) < 4.78 is 7.15. The van der Waals surface area contributed by atoms with E-state index in [4.69, 9.17) is 4.74 Å². The molecule has 3 aromatic rings. The van der Waals surface area contributed by atoms with Crippen LogP contribution in [0.5, 0.6) is 0 Å². The van der Waals surface area contributed by atoms with Crippen LogP contribution in [0.15, 0.2) is 53.4 Å². The third-order valence-corrected chi connectivity index (χ3v) is 8.32. The number of para-hydroxylation sites is 1. The maximum atomic E-state index is 13.3. The van der Waals surface area contributed by atoms with Crippen LogP contribution in [0.25, 0.3) is 6.08 Å². The first-order valence-electron chi connectivity index (χ1n) is 12.8. The summed E-state index contributed by atoms with van der Waals surface area (Å²) in [5.41, 5.74) is 3.14. The maximum absolute atomic E-state index is 13.3. The summed E-state index contributed by atoms with van der Waals surface area (Å²) in [5, 5.41) is 8.02. The molecule has 0 radical (unpaired) electrons. The zero-order valence-corrected chi connectivity index (χ0v) is 23.6. The molecule has 1 aliphatic carbocycles. The van der Waals surface area contributed by atoms with Crippen molar-refractivity contribution in [3.8, 4) is 0 Å². The molecular formula is C28H29N5O4S2. The van der Waals surface area contributed by atoms with Gasteiger partial charge in [-0.3, -0.25) is 19.2 Å². The van der Waals surface area contributed by atoms with Crippen LogP contribution in [0.2, 0.25) is 0 Å². The molecule has 2 aliphatic rings. The van der Waals surface area contributed by atoms with Gasteiger partial charge in [0.1, 0.15) is 10.7 Å². The smallest absolute Gasteiger partial charge is 0.341 e. The molecule has 2 aromatic heterocycles. The molecule has 9 nitrogen and oxygen atoms in total. The molecule has 0 unspecified atom stereocenters. The minimum Gasteiger partial charge on any atom is -0.459 e. The number of esters is 1. The number of carbonyl (C=O) groups is 3. The van der Waals surface area contributed by atoms with E-state index in [2.05, 4.69) is 15.4 Å². The number of benzene rings is 1. The highest BCUT2D eigenvalue weighted by atomic mass is 32.2. The molecule has 0 saturated carbocycles. The number of hydrogen-bond acceptors (Lipinski definition) is 8. The molecule has 1 aromatic carbocycles. The van der Waals surface area contributed by atoms with Crippen molar-refractivity contribution < 1.29 is 19.1 Å². The summed E-state index contributed by atoms with van der Waals surface area (Å²) in [6.07, 6.45) is 8.64. The number of aliphatic imine (C=N–C) groups is 1. The Morgan fingerprint density at radius 2 is 1.97 bits per heavy atom. The first-order valence-corrected chi connectivity index (χ1v) is 14.6. The summed E-state index contributed by atoms with van der Waals surface area (Å²) in [5.74, 6) is -0.960. The van der Waals surface area contributed by atoms with Crippen LogP contribution in [0, 0.1) is 0 Å². The van der Waals surface area contributed by atoms with E-state index in [0.717, 1.165) is 41.7 Å². The number of thiophene rings is 1. The number of thioether (sulfide) groups is 1. The molecule has 1 aliphatic heterocycles. The lowest BCUT2D eigenvalue weighted by Crippen LogP contribution is -2.31. The summed E-state index contributed by atoms with van der Waals surface area (Å²) in [6, 6.07) is 9.21. The van der Waals surface area contributed by atoms with E-state index in [1.54, 1.807) is 30.2 Å². The lowest BCUT2D eigenvalue weighted by Gasteiger charge is -2.17. The number of anilines is 2. The molecule has 3 heterocycles. The number of aryl methyl sites for hydroxylation is 2. The number of carbonyl (C=O) groups excluding carboxylic acids is 3. The number of amidine groups is 1. The fraction of sp³-hybridized carbons (Fsp3) is 0.321. The van der Waals surface area contributed by atoms with Gasteiger partial charge in [-0.05, 0) is 63.3 Å². The molecule has 0 spiro atoms. The van der Waals surface area contributed by atoms with Crippen LogP contribution in [-0.4, -0.2) is 44.6 Å². The van der Waals surface area contributed by atoms with Crippen molar-refractivity contribution in [2.75, 3.05) is 16.0 Å². The van der Waals surface area contributed by atoms with Gasteiger partial charge in [0, 0.05) is 23.7 Å². The van der Waals surface area contributed by atoms with Crippen molar-refractivity contribution in [1.82, 2.24) is 9.78 Å². The van der Waals surface area contributed by atoms with Crippen LogP contribution in [0.4, 0.5) is 10.7 Å². The van der Waals surface area contributed by atoms with E-state index in [1.807, 2.05) is 44.2 Å². The van der Waals surface area contributed by atoms with Gasteiger partial charge in [0.25, 0.3) is 5.91 Å². The summed E-state index contributed by atoms with van der Waals surface area (Å²) in [7, 11) is 1.80. The normalized spacial score (nSPS) is 16.0. The average Bonchev–Trinajstić information content (AvgIpc) is 3.57. The van der Waals surface area contributed by atoms with Gasteiger partial charge >= 0.3 is 5.97 Å². The number of fused-ring (bicyclic) bond motifs is 1. The second kappa shape index (κ2) is 11.6. The number of hydrogen-bond donors (Lipinski definition) is 1. The first kappa shape index (κ1) is 26.9. The summed E-state index contributed by atoms with van der Waals surface area (Å²) >= 11 is 2.62. The highest BCUT2D eigenvalue weighted by Crippen LogP contribution is 2.39. The molecular weight excluding hydrogens is 534 g/mol. The second-order valence-corrected chi connectivity index (χ2v) is 11.6. The number of rotatable bonds is 7. The third kappa shape index (κ3) is 5.99. The predicted molar refractivity (Wildman–Crippen MR) is 155 cm³/mol. The quantitative estimate of drug-likeness (QED) is 0.319. The largest absolute Gasteiger partial charge is 0.459 e. The Morgan fingerprint density at radius 3 is 2.69 bits per heavy atom. The fourth-order valence-corrected chi connectivity index (χ4v) is 6.61. The minimum absolute atomic E-state index is 0.0108. The van der Waals surface area contributed by atoms with E-state index in [-0.39, 0.29) is 29.4 Å². The van der Waals surface area contributed by atoms with Crippen LogP contribution < -0.4 is 10.2 Å². The Kier molecular flexibility index (Phi) is 7.99. The Bertz CT molecular complexity index is 1470. The molecule has 202 valence electrons. The van der Waals surface area contributed by atoms with Crippen molar-refractivity contribution in [3.05, 3.63) is 70.0 Å². The van der Waals surface area contributed by atoms with Crippen LogP contribution in [0.1, 0.15) is 53.1 Å². The zero-order chi connectivity index (χ0) is 27.5. The van der Waals surface area contributed by atoms with Crippen molar-refractivity contribution in [1.29, 1.82) is 0 Å². The lowest BCUT2D eigenvalue weighted by molar-refractivity contribution is -0.114. The number of amides is 2. The Labute approximate surface area is 234 Å². The average molecular weight is 564 g/mol. The zero-order valence-electron chi connectivity index (χ0n) is 22.0. The monoisotopic (exact) mass is 563 g/mol. The number of aromatic nitrogens is 2. The molecule has 0 atom stereocenters. The Balaban J connectivity index is 1.36. The Hall–Kier alpha value is -3.70. The van der Waals surface area contributed by atoms with Crippen LogP contribution in [0.3, 0.4) is 0 Å². The van der Waals surface area contributed by atoms with E-state index in [9.17, 15) is 14.4 Å². The molecule has 5 rings (SSSR count). The minimum atomic E-state index is -0.404. The summed E-state index contributed by atoms with van der Waals surface area (Å²) in [6.45, 7) is 3.62. The standard InChI is InChI=1S/C28H29N5O4S2/c1-17(2)37-27(36)24-20-11-7-8-12-22(20)39-25(24)31-23(34)16-38-28-30-21(13-18-14-29-32(3)15-18)26(35)33(28)19-9-5-4-6-10-19/h4-6,9-10,13-15,17H,7-8,11-12,16H2,1-3H3,(H,31,34)/b21-13+. The SMILES string of the molecule is CC(C)OC(=O)c1c(NC(=O)CSC2=N/C(=C/c3cnn(C)c3)C(=O)N2c2ccccc2)sc2c1CCCC2. The van der Waals surface area contributed by atoms with Gasteiger partial charge in [0.15, 0.2) is 5.17 Å². The molecule has 0 fully saturated rings. The molecule has 39 heavy (non-hydrogen) atoms. The summed E-state index contributed by atoms with van der Waals surface area (Å²) in [4.78, 5) is 46.6. The highest BCUT2D eigenvalue weighted by Gasteiger charge is 2.33. The van der Waals surface area contributed by atoms with E-state index in [0.29, 0.717) is 21.4 Å². The van der Waals surface area contributed by atoms with E-state index in [1.165, 1.54) is 28.0 Å². The van der Waals surface area contributed by atoms with Gasteiger partial charge in [0.2, 0.25) is 5.91 Å². The number of nitrogens with one attached hydrogen (secondary N) is 1. The lowest BCUT2D eigenvalue weighted by atomic mass is 9.95. The topological polar surface area (TPSA) is 106 Å². The van der Waals surface area contributed by atoms with Gasteiger partial charge in [-0.1, -0.05) is 30.0 Å². The van der Waals surface area contributed by atoms with Crippen molar-refractivity contribution >= 4 is 62.8 Å². The Morgan fingerprint density at radius 1 is 1.21 bits per heavy atom. The van der Waals surface area contributed by atoms with Crippen molar-refractivity contribution in [2.45, 2.75) is 45.6 Å². The van der Waals surface area contributed by atoms with Crippen LogP contribution in [-0.2, 0) is 34.2 Å². The van der Waals surface area contributed by atoms with Crippen molar-refractivity contribution in [3.63, 3.8) is 0 Å². The third-order valence-electron chi connectivity index (χ3n) is 6.18. The number of ether oxygens (including phenoxy) is 1. The second-order valence-electron chi connectivity index (χ2n) is 9.55. The highest BCUT2D eigenvalue weighted by molar-refractivity contribution is 8.14. The molecule has 0 saturated heterocycles. The predicted octanol–water partition coefficient (Wildman–Crippen LogP) is 5.04. The molecule has 1 N–H and O–H groups in total. The fourth-order valence-electron chi connectivity index (χ4n) is 4.51. The van der Waals surface area contributed by atoms with Gasteiger partial charge in [-0.2, -0.15) is 5.10 Å². The van der Waals surface area contributed by atoms with Gasteiger partial charge in [-0.15, -0.1) is 11.3 Å². The van der Waals surface area contributed by atoms with Crippen LogP contribution >= 0.6 is 23.1 Å². The molecule has 0 bridgehead atoms. The molecule has 2 amide bonds. The van der Waals surface area contributed by atoms with E-state index < -0.39 is 5.97 Å². The van der Waals surface area contributed by atoms with Gasteiger partial charge < -0.3 is 10.1 Å². The first-order chi connectivity index (χ1) is 18.8. The van der Waals surface area contributed by atoms with Gasteiger partial charge in [0.05, 0.1) is 29.3 Å². The van der Waals surface area contributed by atoms with E-state index >= 15 is 0 Å². The maximum Gasteiger partial charge on any atom is 0.341 e. The van der Waals surface area contributed by atoms with Crippen molar-refractivity contribution in [2.24, 2.45) is 12.0 Å².